The first-order valence-corrected chi connectivity index (χ1v) is 21.9. The fraction of sp³-hybridized carbons (Fsp3) is 0.644. The van der Waals surface area contributed by atoms with E-state index < -0.39 is 71.3 Å². The van der Waals surface area contributed by atoms with Crippen molar-refractivity contribution in [2.24, 2.45) is 34.1 Å². The van der Waals surface area contributed by atoms with Gasteiger partial charge in [0, 0.05) is 48.2 Å². The number of aromatic nitrogens is 1. The molecule has 3 saturated heterocycles. The minimum Gasteiger partial charge on any atom is -0.458 e. The lowest BCUT2D eigenvalue weighted by molar-refractivity contribution is -0.286. The highest BCUT2D eigenvalue weighted by molar-refractivity contribution is 7.14. The molecule has 2 N–H and O–H groups in total. The smallest absolute Gasteiger partial charge is 0.410 e. The van der Waals surface area contributed by atoms with Gasteiger partial charge in [0.15, 0.2) is 17.7 Å². The first-order valence-electron chi connectivity index (χ1n) is 21.1. The van der Waals surface area contributed by atoms with Crippen LogP contribution < -0.4 is 5.32 Å². The van der Waals surface area contributed by atoms with Gasteiger partial charge in [0.25, 0.3) is 5.91 Å². The average molecular weight is 848 g/mol. The van der Waals surface area contributed by atoms with Crippen molar-refractivity contribution in [3.8, 4) is 11.8 Å². The van der Waals surface area contributed by atoms with Gasteiger partial charge >= 0.3 is 12.1 Å². The van der Waals surface area contributed by atoms with E-state index in [2.05, 4.69) is 29.1 Å². The SMILES string of the molecule is CC[C@H]1OC(=O)[C@H](C)C(=O)[C@H](C)[C@@H](O[C@@H]2O[C@H](C)C[C@H](N(C)C)[C@H]2O)[C@@](C)(CC#Cc2ccc(C(=O)Nc3cccnc3)s2)C[C@@H](C)C2=NCCN3C(=O)O[C@@]1(C)[C@H]3[C@H]2C. The Hall–Kier alpha value is -4.20. The molecule has 2 bridgehead atoms. The number of aliphatic hydroxyl groups is 1. The summed E-state index contributed by atoms with van der Waals surface area (Å²) < 4.78 is 25.6. The van der Waals surface area contributed by atoms with Gasteiger partial charge in [-0.1, -0.05) is 46.5 Å². The van der Waals surface area contributed by atoms with E-state index in [1.165, 1.54) is 11.3 Å². The highest BCUT2D eigenvalue weighted by atomic mass is 32.1. The number of carbonyl (C=O) groups excluding carboxylic acids is 4. The average Bonchev–Trinajstić information content (AvgIpc) is 3.72. The molecule has 0 aromatic carbocycles. The summed E-state index contributed by atoms with van der Waals surface area (Å²) in [5, 5.41) is 14.6. The van der Waals surface area contributed by atoms with E-state index in [0.717, 1.165) is 5.71 Å². The summed E-state index contributed by atoms with van der Waals surface area (Å²) >= 11 is 1.26. The van der Waals surface area contributed by atoms with Crippen molar-refractivity contribution in [3.05, 3.63) is 46.4 Å². The maximum Gasteiger partial charge on any atom is 0.410 e. The molecule has 6 rings (SSSR count). The van der Waals surface area contributed by atoms with Crippen molar-refractivity contribution in [1.82, 2.24) is 14.8 Å². The van der Waals surface area contributed by atoms with Crippen molar-refractivity contribution in [2.75, 3.05) is 32.5 Å². The molecular formula is C45H61N5O9S. The fourth-order valence-electron chi connectivity index (χ4n) is 9.96. The van der Waals surface area contributed by atoms with Crippen molar-refractivity contribution < 1.29 is 43.2 Å². The van der Waals surface area contributed by atoms with Gasteiger partial charge in [0.2, 0.25) is 0 Å². The number of ether oxygens (including phenoxy) is 4. The molecular weight excluding hydrogens is 787 g/mol. The zero-order chi connectivity index (χ0) is 43.7. The van der Waals surface area contributed by atoms with Gasteiger partial charge in [0.05, 0.1) is 46.4 Å². The van der Waals surface area contributed by atoms with Crippen LogP contribution in [0.25, 0.3) is 0 Å². The molecule has 2 amide bonds. The fourth-order valence-corrected chi connectivity index (χ4v) is 10.7. The monoisotopic (exact) mass is 847 g/mol. The molecule has 3 fully saturated rings. The van der Waals surface area contributed by atoms with Crippen LogP contribution in [0.5, 0.6) is 0 Å². The molecule has 13 atom stereocenters. The van der Waals surface area contributed by atoms with Crippen molar-refractivity contribution in [3.63, 3.8) is 0 Å². The Balaban J connectivity index is 1.42. The lowest BCUT2D eigenvalue weighted by Gasteiger charge is -2.47. The van der Waals surface area contributed by atoms with Crippen molar-refractivity contribution in [1.29, 1.82) is 0 Å². The predicted molar refractivity (Wildman–Crippen MR) is 228 cm³/mol. The third-order valence-corrected chi connectivity index (χ3v) is 14.0. The predicted octanol–water partition coefficient (Wildman–Crippen LogP) is 5.83. The van der Waals surface area contributed by atoms with Crippen LogP contribution in [0.1, 0.15) is 95.6 Å². The Morgan fingerprint density at radius 2 is 1.87 bits per heavy atom. The normalized spacial score (nSPS) is 36.3. The number of thiophene rings is 1. The van der Waals surface area contributed by atoms with Gasteiger partial charge in [-0.2, -0.15) is 0 Å². The zero-order valence-corrected chi connectivity index (χ0v) is 37.3. The number of aliphatic imine (C=N–C) groups is 1. The maximum absolute atomic E-state index is 14.7. The Morgan fingerprint density at radius 3 is 2.55 bits per heavy atom. The number of ketones is 1. The quantitative estimate of drug-likeness (QED) is 0.196. The van der Waals surface area contributed by atoms with Crippen LogP contribution in [-0.2, 0) is 28.5 Å². The van der Waals surface area contributed by atoms with Crippen LogP contribution in [0.3, 0.4) is 0 Å². The standard InChI is InChI=1S/C45H61N5O9S/c1-11-34-45(8)38-27(4)35(47-20-21-50(38)43(55)59-45)25(2)23-44(7,18-12-15-31-16-17-33(60-31)40(53)48-30-14-13-19-46-24-30)39(28(5)36(51)29(6)41(54)57-34)58-42-37(52)32(49(9)10)22-26(3)56-42/h13-14,16-17,19,24-29,32,34,37-39,42,52H,11,18,20-23H2,1-10H3,(H,48,53)/t25-,26-,27+,28+,29-,32+,34-,37-,38-,39-,42+,44+,45-/m1/s1. The van der Waals surface area contributed by atoms with E-state index in [-0.39, 0.29) is 36.3 Å². The Labute approximate surface area is 357 Å². The zero-order valence-electron chi connectivity index (χ0n) is 36.5. The Kier molecular flexibility index (Phi) is 13.9. The van der Waals surface area contributed by atoms with E-state index in [4.69, 9.17) is 23.9 Å². The van der Waals surface area contributed by atoms with Crippen LogP contribution in [0.2, 0.25) is 0 Å². The number of fused-ring (bicyclic) bond motifs is 1. The molecule has 15 heteroatoms. The summed E-state index contributed by atoms with van der Waals surface area (Å²) in [6, 6.07) is 6.27. The third kappa shape index (κ3) is 9.18. The highest BCUT2D eigenvalue weighted by Crippen LogP contribution is 2.46. The number of anilines is 1. The number of Topliss-reactive ketones (excluding diaryl/α,β-unsaturated/α-hetero) is 1. The van der Waals surface area contributed by atoms with Gasteiger partial charge in [-0.05, 0) is 84.3 Å². The van der Waals surface area contributed by atoms with Gasteiger partial charge in [-0.3, -0.25) is 29.3 Å². The number of likely N-dealkylation sites (N-methyl/N-ethyl adjacent to an activating group) is 1. The largest absolute Gasteiger partial charge is 0.458 e. The van der Waals surface area contributed by atoms with Gasteiger partial charge in [0.1, 0.15) is 18.1 Å². The highest BCUT2D eigenvalue weighted by Gasteiger charge is 2.60. The molecule has 60 heavy (non-hydrogen) atoms. The molecule has 14 nitrogen and oxygen atoms in total. The molecule has 0 aliphatic carbocycles. The molecule has 0 unspecified atom stereocenters. The maximum atomic E-state index is 14.7. The second kappa shape index (κ2) is 18.4. The molecule has 4 aliphatic rings. The molecule has 0 radical (unpaired) electrons. The van der Waals surface area contributed by atoms with E-state index in [9.17, 15) is 24.3 Å². The van der Waals surface area contributed by atoms with E-state index >= 15 is 0 Å². The van der Waals surface area contributed by atoms with Crippen molar-refractivity contribution >= 4 is 46.5 Å². The summed E-state index contributed by atoms with van der Waals surface area (Å²) in [7, 11) is 3.80. The summed E-state index contributed by atoms with van der Waals surface area (Å²) in [5.41, 5.74) is -0.645. The molecule has 4 aliphatic heterocycles. The summed E-state index contributed by atoms with van der Waals surface area (Å²) in [5.74, 6) is 2.70. The number of rotatable bonds is 7. The Bertz CT molecular complexity index is 2000. The number of carbonyl (C=O) groups is 4. The van der Waals surface area contributed by atoms with Crippen LogP contribution in [0, 0.1) is 40.9 Å². The number of nitrogens with one attached hydrogen (secondary N) is 1. The molecule has 0 spiro atoms. The number of hydrogen-bond donors (Lipinski definition) is 2. The first kappa shape index (κ1) is 45.3. The minimum atomic E-state index is -1.20. The van der Waals surface area contributed by atoms with E-state index in [1.807, 2.05) is 53.6 Å². The van der Waals surface area contributed by atoms with Crippen LogP contribution in [0.15, 0.2) is 41.7 Å². The molecule has 326 valence electrons. The minimum absolute atomic E-state index is 0.196. The summed E-state index contributed by atoms with van der Waals surface area (Å²) in [4.78, 5) is 69.2. The number of hydrogen-bond acceptors (Lipinski definition) is 13. The van der Waals surface area contributed by atoms with Crippen LogP contribution in [-0.4, -0.2) is 125 Å². The van der Waals surface area contributed by atoms with Gasteiger partial charge < -0.3 is 34.3 Å². The Morgan fingerprint density at radius 1 is 1.12 bits per heavy atom. The van der Waals surface area contributed by atoms with Crippen molar-refractivity contribution in [2.45, 2.75) is 129 Å². The first-order chi connectivity index (χ1) is 28.4. The number of nitrogens with zero attached hydrogens (tertiary/aromatic N) is 4. The lowest BCUT2D eigenvalue weighted by Crippen LogP contribution is -2.58. The second-order valence-corrected chi connectivity index (χ2v) is 18.8. The van der Waals surface area contributed by atoms with E-state index in [1.54, 1.807) is 55.4 Å². The number of amides is 2. The summed E-state index contributed by atoms with van der Waals surface area (Å²) in [6.45, 7) is 15.8. The van der Waals surface area contributed by atoms with Crippen LogP contribution in [0.4, 0.5) is 10.5 Å². The number of cyclic esters (lactones) is 1. The number of esters is 1. The molecule has 2 aromatic heterocycles. The third-order valence-electron chi connectivity index (χ3n) is 13.0. The lowest BCUT2D eigenvalue weighted by atomic mass is 9.66. The van der Waals surface area contributed by atoms with Crippen LogP contribution >= 0.6 is 11.3 Å². The molecule has 2 aromatic rings. The second-order valence-electron chi connectivity index (χ2n) is 17.8. The molecule has 6 heterocycles. The molecule has 0 saturated carbocycles. The summed E-state index contributed by atoms with van der Waals surface area (Å²) in [6.07, 6.45) is 0.245. The number of pyridine rings is 1. The van der Waals surface area contributed by atoms with Gasteiger partial charge in [-0.25, -0.2) is 4.79 Å². The van der Waals surface area contributed by atoms with E-state index in [0.29, 0.717) is 47.8 Å². The number of aliphatic hydroxyl groups excluding tert-OH is 1. The topological polar surface area (TPSA) is 169 Å². The van der Waals surface area contributed by atoms with Gasteiger partial charge in [-0.15, -0.1) is 11.3 Å².